The van der Waals surface area contributed by atoms with Gasteiger partial charge in [0, 0.05) is 11.4 Å². The smallest absolute Gasteiger partial charge is 0.187 e. The summed E-state index contributed by atoms with van der Waals surface area (Å²) in [5, 5.41) is 12.8. The van der Waals surface area contributed by atoms with Crippen LogP contribution in [-0.4, -0.2) is 29.8 Å². The molecule has 4 heterocycles. The van der Waals surface area contributed by atoms with E-state index in [2.05, 4.69) is 25.3 Å². The lowest BCUT2D eigenvalue weighted by Crippen LogP contribution is -1.97. The summed E-state index contributed by atoms with van der Waals surface area (Å²) in [7, 11) is 0. The highest BCUT2D eigenvalue weighted by atomic mass is 15.3. The number of nitrogen functional groups attached to an aromatic ring is 1. The summed E-state index contributed by atoms with van der Waals surface area (Å²) in [5.74, 6) is 0.416. The number of aromatic nitrogens is 6. The molecule has 7 nitrogen and oxygen atoms in total. The van der Waals surface area contributed by atoms with Crippen LogP contribution in [0.2, 0.25) is 0 Å². The van der Waals surface area contributed by atoms with Gasteiger partial charge in [0.05, 0.1) is 22.5 Å². The Labute approximate surface area is 107 Å². The molecule has 94 valence electrons. The molecule has 19 heavy (non-hydrogen) atoms. The molecule has 0 aliphatic carbocycles. The van der Waals surface area contributed by atoms with Gasteiger partial charge in [0.2, 0.25) is 0 Å². The Balaban J connectivity index is 2.37. The number of rotatable bonds is 0. The summed E-state index contributed by atoms with van der Waals surface area (Å²) >= 11 is 0. The summed E-state index contributed by atoms with van der Waals surface area (Å²) in [5.41, 5.74) is 10.2. The monoisotopic (exact) mass is 253 g/mol. The maximum Gasteiger partial charge on any atom is 0.187 e. The number of H-pyrrole nitrogens is 1. The van der Waals surface area contributed by atoms with E-state index in [0.717, 1.165) is 33.3 Å². The number of hydrogen-bond donors (Lipinski definition) is 2. The van der Waals surface area contributed by atoms with E-state index in [-0.39, 0.29) is 0 Å². The second-order valence-corrected chi connectivity index (χ2v) is 4.64. The Morgan fingerprint density at radius 2 is 2.11 bits per heavy atom. The van der Waals surface area contributed by atoms with E-state index in [4.69, 9.17) is 5.73 Å². The zero-order chi connectivity index (χ0) is 13.1. The number of anilines is 1. The van der Waals surface area contributed by atoms with E-state index >= 15 is 0 Å². The molecule has 3 N–H and O–H groups in total. The largest absolute Gasteiger partial charge is 0.383 e. The van der Waals surface area contributed by atoms with Crippen LogP contribution in [0.25, 0.3) is 27.6 Å². The zero-order valence-corrected chi connectivity index (χ0v) is 10.5. The molecule has 0 aliphatic rings. The number of aryl methyl sites for hydroxylation is 2. The number of pyridine rings is 1. The van der Waals surface area contributed by atoms with E-state index in [1.54, 1.807) is 6.20 Å². The fraction of sp³-hybridized carbons (Fsp3) is 0.167. The molecular formula is C12H11N7. The minimum absolute atomic E-state index is 0.416. The molecule has 0 saturated carbocycles. The third kappa shape index (κ3) is 1.21. The number of nitrogens with two attached hydrogens (primary N) is 1. The van der Waals surface area contributed by atoms with Crippen molar-refractivity contribution in [3.8, 4) is 0 Å². The fourth-order valence-corrected chi connectivity index (χ4v) is 2.49. The second kappa shape index (κ2) is 3.19. The van der Waals surface area contributed by atoms with Gasteiger partial charge in [0.25, 0.3) is 0 Å². The highest BCUT2D eigenvalue weighted by Crippen LogP contribution is 2.29. The second-order valence-electron chi connectivity index (χ2n) is 4.64. The van der Waals surface area contributed by atoms with Gasteiger partial charge >= 0.3 is 0 Å². The van der Waals surface area contributed by atoms with Gasteiger partial charge in [-0.15, -0.1) is 5.10 Å². The topological polar surface area (TPSA) is 97.8 Å². The fourth-order valence-electron chi connectivity index (χ4n) is 2.49. The molecule has 0 aromatic carbocycles. The molecule has 0 aliphatic heterocycles. The lowest BCUT2D eigenvalue weighted by molar-refractivity contribution is 0.900. The molecule has 0 unspecified atom stereocenters. The van der Waals surface area contributed by atoms with Crippen LogP contribution in [0.4, 0.5) is 5.82 Å². The minimum Gasteiger partial charge on any atom is -0.383 e. The number of nitrogens with zero attached hydrogens (tertiary/aromatic N) is 5. The van der Waals surface area contributed by atoms with Crippen LogP contribution < -0.4 is 5.73 Å². The lowest BCUT2D eigenvalue weighted by Gasteiger charge is -2.01. The molecular weight excluding hydrogens is 242 g/mol. The molecule has 4 aromatic rings. The van der Waals surface area contributed by atoms with Crippen molar-refractivity contribution in [2.45, 2.75) is 13.8 Å². The maximum atomic E-state index is 6.04. The molecule has 0 atom stereocenters. The van der Waals surface area contributed by atoms with Gasteiger partial charge in [-0.1, -0.05) is 0 Å². The average molecular weight is 253 g/mol. The summed E-state index contributed by atoms with van der Waals surface area (Å²) in [6.45, 7) is 3.97. The number of fused-ring (bicyclic) bond motifs is 5. The standard InChI is InChI=1S/C12H11N7/c1-5-3-6(2)19-12(15-5)8-9(18-19)7-4-14-17-11(7)16-10(8)13/h3-4,18H,1-2H3,(H2,13,16,17). The molecule has 0 spiro atoms. The highest BCUT2D eigenvalue weighted by Gasteiger charge is 2.16. The first kappa shape index (κ1) is 10.2. The van der Waals surface area contributed by atoms with Crippen molar-refractivity contribution in [2.24, 2.45) is 0 Å². The van der Waals surface area contributed by atoms with Crippen LogP contribution in [0.5, 0.6) is 0 Å². The van der Waals surface area contributed by atoms with Crippen LogP contribution >= 0.6 is 0 Å². The first-order valence-corrected chi connectivity index (χ1v) is 5.90. The van der Waals surface area contributed by atoms with E-state index in [0.29, 0.717) is 11.5 Å². The van der Waals surface area contributed by atoms with Gasteiger partial charge in [-0.25, -0.2) is 14.5 Å². The molecule has 4 aromatic heterocycles. The quantitative estimate of drug-likeness (QED) is 0.493. The Morgan fingerprint density at radius 3 is 2.95 bits per heavy atom. The highest BCUT2D eigenvalue weighted by molar-refractivity contribution is 6.12. The van der Waals surface area contributed by atoms with Crippen molar-refractivity contribution in [1.29, 1.82) is 0 Å². The van der Waals surface area contributed by atoms with E-state index < -0.39 is 0 Å². The van der Waals surface area contributed by atoms with Gasteiger partial charge in [0.1, 0.15) is 5.82 Å². The normalized spacial score (nSPS) is 11.9. The number of hydrogen-bond acceptors (Lipinski definition) is 5. The van der Waals surface area contributed by atoms with Gasteiger partial charge < -0.3 is 5.73 Å². The van der Waals surface area contributed by atoms with Crippen molar-refractivity contribution in [3.63, 3.8) is 0 Å². The lowest BCUT2D eigenvalue weighted by atomic mass is 10.2. The SMILES string of the molecule is Cc1cc(C)n2[nH]c3c4cnnc4nc(N)c3c2n1. The molecule has 0 saturated heterocycles. The van der Waals surface area contributed by atoms with Crippen LogP contribution in [0.1, 0.15) is 11.4 Å². The Hall–Kier alpha value is -2.70. The third-order valence-electron chi connectivity index (χ3n) is 3.29. The Kier molecular flexibility index (Phi) is 1.72. The molecule has 7 heteroatoms. The Morgan fingerprint density at radius 1 is 1.26 bits per heavy atom. The van der Waals surface area contributed by atoms with Crippen molar-refractivity contribution in [3.05, 3.63) is 23.7 Å². The molecule has 0 fully saturated rings. The van der Waals surface area contributed by atoms with Crippen molar-refractivity contribution in [1.82, 2.24) is 29.8 Å². The number of aromatic amines is 1. The zero-order valence-electron chi connectivity index (χ0n) is 10.5. The van der Waals surface area contributed by atoms with Crippen molar-refractivity contribution in [2.75, 3.05) is 5.73 Å². The number of nitrogens with one attached hydrogen (secondary N) is 1. The maximum absolute atomic E-state index is 6.04. The van der Waals surface area contributed by atoms with E-state index in [1.165, 1.54) is 0 Å². The first-order chi connectivity index (χ1) is 9.15. The summed E-state index contributed by atoms with van der Waals surface area (Å²) in [6.07, 6.45) is 1.68. The predicted octanol–water partition coefficient (Wildman–Crippen LogP) is 1.35. The van der Waals surface area contributed by atoms with Crippen molar-refractivity contribution < 1.29 is 0 Å². The van der Waals surface area contributed by atoms with Gasteiger partial charge in [-0.05, 0) is 19.9 Å². The molecule has 0 amide bonds. The van der Waals surface area contributed by atoms with Crippen LogP contribution in [-0.2, 0) is 0 Å². The summed E-state index contributed by atoms with van der Waals surface area (Å²) in [4.78, 5) is 8.82. The minimum atomic E-state index is 0.416. The summed E-state index contributed by atoms with van der Waals surface area (Å²) < 4.78 is 1.90. The van der Waals surface area contributed by atoms with E-state index in [1.807, 2.05) is 24.4 Å². The van der Waals surface area contributed by atoms with Crippen LogP contribution in [0.15, 0.2) is 12.3 Å². The Bertz CT molecular complexity index is 947. The van der Waals surface area contributed by atoms with Crippen molar-refractivity contribution >= 4 is 33.4 Å². The molecule has 0 radical (unpaired) electrons. The van der Waals surface area contributed by atoms with Gasteiger partial charge in [-0.3, -0.25) is 5.10 Å². The third-order valence-corrected chi connectivity index (χ3v) is 3.29. The van der Waals surface area contributed by atoms with Crippen LogP contribution in [0.3, 0.4) is 0 Å². The van der Waals surface area contributed by atoms with Crippen LogP contribution in [0, 0.1) is 13.8 Å². The average Bonchev–Trinajstić information content (AvgIpc) is 2.92. The first-order valence-electron chi connectivity index (χ1n) is 5.90. The van der Waals surface area contributed by atoms with Gasteiger partial charge in [-0.2, -0.15) is 5.10 Å². The van der Waals surface area contributed by atoms with E-state index in [9.17, 15) is 0 Å². The summed E-state index contributed by atoms with van der Waals surface area (Å²) in [6, 6.07) is 2.00. The van der Waals surface area contributed by atoms with Gasteiger partial charge in [0.15, 0.2) is 11.3 Å². The predicted molar refractivity (Wildman–Crippen MR) is 71.8 cm³/mol. The molecule has 4 rings (SSSR count). The molecule has 0 bridgehead atoms.